The molecule has 0 aromatic heterocycles. The molecule has 0 aliphatic carbocycles. The molecule has 36 nitrogen and oxygen atoms in total. The van der Waals surface area contributed by atoms with Gasteiger partial charge in [0.15, 0.2) is 58.9 Å². The Kier molecular flexibility index (Phi) is 34.6. The maximum atomic E-state index is 15.1. The molecule has 0 radical (unpaired) electrons. The predicted octanol–water partition coefficient (Wildman–Crippen LogP) is -8.25. The van der Waals surface area contributed by atoms with Gasteiger partial charge >= 0.3 is 0 Å². The van der Waals surface area contributed by atoms with E-state index < -0.39 is 217 Å². The zero-order valence-electron chi connectivity index (χ0n) is 57.1. The molecule has 0 fully saturated rings. The van der Waals surface area contributed by atoms with E-state index in [0.717, 1.165) is 7.05 Å². The topological polar surface area (TPSA) is 642 Å². The Morgan fingerprint density at radius 1 is 0.490 bits per heavy atom. The molecule has 0 aliphatic rings. The second-order valence-corrected chi connectivity index (χ2v) is 24.4. The van der Waals surface area contributed by atoms with Gasteiger partial charge in [-0.1, -0.05) is 60.7 Å². The first-order valence-electron chi connectivity index (χ1n) is 32.1. The van der Waals surface area contributed by atoms with Crippen LogP contribution in [-0.2, 0) is 96.0 Å². The van der Waals surface area contributed by atoms with Gasteiger partial charge < -0.3 is 109 Å². The zero-order chi connectivity index (χ0) is 76.9. The van der Waals surface area contributed by atoms with Crippen LogP contribution in [0.15, 0.2) is 91.5 Å². The maximum absolute atomic E-state index is 15.1. The largest absolute Gasteiger partial charge is 0.508 e. The predicted molar refractivity (Wildman–Crippen MR) is 367 cm³/mol. The van der Waals surface area contributed by atoms with Crippen LogP contribution in [0.2, 0.25) is 0 Å². The van der Waals surface area contributed by atoms with E-state index in [-0.39, 0.29) is 43.6 Å². The molecule has 556 valence electrons. The van der Waals surface area contributed by atoms with E-state index in [0.29, 0.717) is 16.7 Å². The van der Waals surface area contributed by atoms with E-state index in [1.165, 1.54) is 82.4 Å². The monoisotopic (exact) mass is 1430 g/mol. The summed E-state index contributed by atoms with van der Waals surface area (Å²) in [5.41, 5.74) is 46.6. The Hall–Kier alpha value is -10.6. The standard InChI is InChI=1S/C66H94N18O18/c1-7-8-12-23-66(4,78-30-45(54(91)42(71)27-47(73)88)79-49(90)31-77-59(96)32(2)67)65(102)84-53(57(94)39(68)24-34-13-10-9-11-14-34)64(101)83-51(58(95)43(72)28-48(74)89)62(99)80-44(29-46(87)33(3)75-5)60(97)81-52(56(93)41(70)26-36-17-21-38(86)22-18-36)63(100)82-50(61(98)76-6)55(92)40(69)25-35-15-19-37(85)20-16-35/h7,9-11,13-22,32-33,39-45,50-53,75,78,85-86H,1,8,12,23-31,67-72H2,2-6H3,(H2,73,88)(H2,74,89)(H,76,98)(H,77,96)(H,79,90)(H,80,99)(H,81,97)(H,82,100)(H,83,101)(H,84,102)/t32?,33-,39-,40-,41-,42-,43-,44?,45?,50?,51?,52?,53?,66-/m0/s1. The minimum atomic E-state index is -2.75. The summed E-state index contributed by atoms with van der Waals surface area (Å²) < 4.78 is 0. The number of unbranched alkanes of at least 4 members (excludes halogenated alkanes) is 1. The molecule has 36 heteroatoms. The lowest BCUT2D eigenvalue weighted by molar-refractivity contribution is -0.143. The fourth-order valence-electron chi connectivity index (χ4n) is 9.89. The van der Waals surface area contributed by atoms with Gasteiger partial charge in [-0.05, 0) is 107 Å². The highest BCUT2D eigenvalue weighted by Gasteiger charge is 2.45. The van der Waals surface area contributed by atoms with Crippen LogP contribution in [0.4, 0.5) is 0 Å². The van der Waals surface area contributed by atoms with Crippen molar-refractivity contribution in [2.24, 2.45) is 45.9 Å². The number of carbonyl (C=O) groups excluding carboxylic acids is 16. The summed E-state index contributed by atoms with van der Waals surface area (Å²) in [6, 6.07) is -6.45. The van der Waals surface area contributed by atoms with E-state index in [1.54, 1.807) is 30.3 Å². The van der Waals surface area contributed by atoms with Gasteiger partial charge in [0.1, 0.15) is 23.6 Å². The number of ketones is 6. The molecular formula is C66H94N18O18. The highest BCUT2D eigenvalue weighted by atomic mass is 16.3. The van der Waals surface area contributed by atoms with Crippen molar-refractivity contribution in [2.45, 2.75) is 163 Å². The van der Waals surface area contributed by atoms with Crippen LogP contribution in [0, 0.1) is 0 Å². The molecule has 28 N–H and O–H groups in total. The van der Waals surface area contributed by atoms with Crippen molar-refractivity contribution in [3.8, 4) is 11.5 Å². The highest BCUT2D eigenvalue weighted by molar-refractivity contribution is 6.17. The van der Waals surface area contributed by atoms with Gasteiger partial charge in [-0.2, -0.15) is 0 Å². The summed E-state index contributed by atoms with van der Waals surface area (Å²) in [7, 11) is 2.42. The van der Waals surface area contributed by atoms with Crippen molar-refractivity contribution < 1.29 is 86.9 Å². The summed E-state index contributed by atoms with van der Waals surface area (Å²) in [6.45, 7) is 6.16. The minimum Gasteiger partial charge on any atom is -0.508 e. The third-order valence-electron chi connectivity index (χ3n) is 16.1. The van der Waals surface area contributed by atoms with E-state index in [4.69, 9.17) is 45.9 Å². The van der Waals surface area contributed by atoms with Crippen LogP contribution in [0.1, 0.15) is 76.0 Å². The van der Waals surface area contributed by atoms with Crippen LogP contribution in [0.25, 0.3) is 0 Å². The molecule has 0 heterocycles. The third kappa shape index (κ3) is 27.2. The SMILES string of the molecule is C=CCCC[C@](C)(NCC(NC(=O)CNC(=O)C(C)N)C(=O)[C@@H](N)CC(N)=O)C(=O)NC(C(=O)NC(C(=O)NC(CC(=O)[C@H](C)NC)C(=O)NC(C(=O)NC(C(=O)NC)C(=O)[C@@H](N)Cc1ccc(O)cc1)C(=O)[C@@H](N)Cc1ccc(O)cc1)C(=O)[C@@H](N)CC(N)=O)C(=O)[C@@H](N)Cc1ccccc1. The summed E-state index contributed by atoms with van der Waals surface area (Å²) in [5, 5.41) is 42.7. The quantitative estimate of drug-likeness (QED) is 0.0142. The van der Waals surface area contributed by atoms with Crippen LogP contribution in [0.3, 0.4) is 0 Å². The van der Waals surface area contributed by atoms with Crippen molar-refractivity contribution in [3.05, 3.63) is 108 Å². The average Bonchev–Trinajstić information content (AvgIpc) is 0.818. The van der Waals surface area contributed by atoms with Crippen molar-refractivity contribution in [3.63, 3.8) is 0 Å². The summed E-state index contributed by atoms with van der Waals surface area (Å²) in [4.78, 5) is 223. The fourth-order valence-corrected chi connectivity index (χ4v) is 9.89. The number of nitrogens with two attached hydrogens (primary N) is 8. The Labute approximate surface area is 587 Å². The Morgan fingerprint density at radius 2 is 0.902 bits per heavy atom. The lowest BCUT2D eigenvalue weighted by Gasteiger charge is -2.34. The summed E-state index contributed by atoms with van der Waals surface area (Å²) in [5.74, 6) is -20.6. The molecule has 3 aromatic rings. The smallest absolute Gasteiger partial charge is 0.251 e. The lowest BCUT2D eigenvalue weighted by atomic mass is 9.91. The highest BCUT2D eigenvalue weighted by Crippen LogP contribution is 2.19. The normalized spacial score (nSPS) is 15.5. The number of allylic oxidation sites excluding steroid dienone is 1. The van der Waals surface area contributed by atoms with E-state index in [9.17, 15) is 72.5 Å². The number of Topliss-reactive ketones (excluding diaryl/α,β-unsaturated/α-hetero) is 6. The number of benzene rings is 3. The first kappa shape index (κ1) is 85.6. The van der Waals surface area contributed by atoms with Gasteiger partial charge in [0, 0.05) is 32.9 Å². The minimum absolute atomic E-state index is 0.104. The van der Waals surface area contributed by atoms with Crippen LogP contribution in [-0.4, -0.2) is 215 Å². The van der Waals surface area contributed by atoms with Gasteiger partial charge in [0.25, 0.3) is 17.7 Å². The summed E-state index contributed by atoms with van der Waals surface area (Å²) >= 11 is 0. The number of hydrogen-bond acceptors (Lipinski definition) is 26. The molecule has 7 unspecified atom stereocenters. The number of rotatable bonds is 46. The van der Waals surface area contributed by atoms with Crippen molar-refractivity contribution >= 4 is 93.8 Å². The van der Waals surface area contributed by atoms with Gasteiger partial charge in [0.2, 0.25) is 41.4 Å². The van der Waals surface area contributed by atoms with Crippen molar-refractivity contribution in [2.75, 3.05) is 27.2 Å². The number of carbonyl (C=O) groups is 16. The molecule has 10 amide bonds. The number of phenolic OH excluding ortho intramolecular Hbond substituents is 2. The number of phenols is 2. The number of hydrogen-bond donors (Lipinski definition) is 20. The van der Waals surface area contributed by atoms with Crippen LogP contribution in [0.5, 0.6) is 11.5 Å². The van der Waals surface area contributed by atoms with Crippen LogP contribution < -0.4 is 99.0 Å². The van der Waals surface area contributed by atoms with E-state index in [1.807, 2.05) is 5.32 Å². The van der Waals surface area contributed by atoms with Gasteiger partial charge in [-0.25, -0.2) is 0 Å². The second-order valence-electron chi connectivity index (χ2n) is 24.4. The molecule has 14 atom stereocenters. The molecule has 0 saturated carbocycles. The van der Waals surface area contributed by atoms with E-state index >= 15 is 14.4 Å². The Balaban J connectivity index is 2.27. The number of primary amides is 2. The molecule has 0 bridgehead atoms. The zero-order valence-corrected chi connectivity index (χ0v) is 57.1. The number of likely N-dealkylation sites (N-methyl/N-ethyl adjacent to an activating group) is 2. The average molecular weight is 1430 g/mol. The van der Waals surface area contributed by atoms with Gasteiger partial charge in [-0.3, -0.25) is 76.7 Å². The van der Waals surface area contributed by atoms with Crippen molar-refractivity contribution in [1.29, 1.82) is 0 Å². The van der Waals surface area contributed by atoms with Gasteiger partial charge in [-0.15, -0.1) is 6.58 Å². The number of nitrogens with one attached hydrogen (secondary N) is 10. The molecule has 0 aliphatic heterocycles. The fraction of sp³-hybridized carbons (Fsp3) is 0.455. The molecule has 3 rings (SSSR count). The second kappa shape index (κ2) is 41.2. The molecular weight excluding hydrogens is 1330 g/mol. The van der Waals surface area contributed by atoms with Crippen LogP contribution >= 0.6 is 0 Å². The van der Waals surface area contributed by atoms with E-state index in [2.05, 4.69) is 54.4 Å². The Morgan fingerprint density at radius 3 is 1.33 bits per heavy atom. The maximum Gasteiger partial charge on any atom is 0.251 e. The lowest BCUT2D eigenvalue weighted by Crippen LogP contribution is -2.67. The molecule has 0 spiro atoms. The Bertz CT molecular complexity index is 3530. The number of aromatic hydroxyl groups is 2. The molecule has 3 aromatic carbocycles. The number of amides is 10. The van der Waals surface area contributed by atoms with Crippen molar-refractivity contribution in [1.82, 2.24) is 53.2 Å². The molecule has 0 saturated heterocycles. The summed E-state index contributed by atoms with van der Waals surface area (Å²) in [6.07, 6.45) is -2.25. The molecule has 102 heavy (non-hydrogen) atoms. The van der Waals surface area contributed by atoms with Gasteiger partial charge in [0.05, 0.1) is 54.4 Å². The first-order chi connectivity index (χ1) is 47.9. The first-order valence-corrected chi connectivity index (χ1v) is 32.1. The third-order valence-corrected chi connectivity index (χ3v) is 16.1.